The van der Waals surface area contributed by atoms with Gasteiger partial charge < -0.3 is 9.64 Å². The lowest BCUT2D eigenvalue weighted by Crippen LogP contribution is -2.71. The van der Waals surface area contributed by atoms with Gasteiger partial charge in [-0.25, -0.2) is 0 Å². The van der Waals surface area contributed by atoms with Crippen LogP contribution in [0.5, 0.6) is 11.5 Å². The molecule has 0 aromatic heterocycles. The number of ether oxygens (including phenoxy) is 1. The zero-order chi connectivity index (χ0) is 44.7. The summed E-state index contributed by atoms with van der Waals surface area (Å²) in [6.45, 7) is 14.1. The second kappa shape index (κ2) is 13.7. The lowest BCUT2D eigenvalue weighted by molar-refractivity contribution is 0.434. The highest BCUT2D eigenvalue weighted by Crippen LogP contribution is 2.63. The van der Waals surface area contributed by atoms with Crippen molar-refractivity contribution >= 4 is 45.9 Å². The van der Waals surface area contributed by atoms with E-state index in [2.05, 4.69) is 247 Å². The molecule has 9 aromatic rings. The molecule has 4 aliphatic rings. The quantitative estimate of drug-likeness (QED) is 0.161. The van der Waals surface area contributed by atoms with Gasteiger partial charge in [0.05, 0.1) is 16.8 Å². The van der Waals surface area contributed by atoms with E-state index in [1.54, 1.807) is 0 Å². The minimum Gasteiger partial charge on any atom is -0.457 e. The molecule has 4 heterocycles. The molecule has 0 N–H and O–H groups in total. The predicted molar refractivity (Wildman–Crippen MR) is 278 cm³/mol. The van der Waals surface area contributed by atoms with Gasteiger partial charge in [-0.15, -0.1) is 0 Å². The maximum Gasteiger partial charge on any atom is 0.182 e. The number of rotatable bonds is 2. The molecule has 0 atom stereocenters. The molecular formula is C63H51NOSi. The SMILES string of the molecule is CC(C)(C)c1ccc2c(c1)[Si]1(c3ccccc3-c3ccc(N4c5ccccc5C5(c6ccccc6Oc6ccccc65)c5cc(-c6ccccc6)ccc54)cc31)c1cc(C(C)(C)C)ccc1-2. The van der Waals surface area contributed by atoms with E-state index >= 15 is 0 Å². The Labute approximate surface area is 389 Å². The summed E-state index contributed by atoms with van der Waals surface area (Å²) in [7, 11) is -2.88. The Morgan fingerprint density at radius 2 is 0.879 bits per heavy atom. The Morgan fingerprint density at radius 1 is 0.379 bits per heavy atom. The Morgan fingerprint density at radius 3 is 1.52 bits per heavy atom. The predicted octanol–water partition coefficient (Wildman–Crippen LogP) is 13.6. The monoisotopic (exact) mass is 865 g/mol. The van der Waals surface area contributed by atoms with Crippen LogP contribution in [0.3, 0.4) is 0 Å². The van der Waals surface area contributed by atoms with E-state index in [1.807, 2.05) is 0 Å². The van der Waals surface area contributed by atoms with Gasteiger partial charge in [0.15, 0.2) is 8.07 Å². The van der Waals surface area contributed by atoms with E-state index in [-0.39, 0.29) is 10.8 Å². The Kier molecular flexibility index (Phi) is 8.11. The van der Waals surface area contributed by atoms with Crippen LogP contribution in [0.1, 0.15) is 74.9 Å². The van der Waals surface area contributed by atoms with Crippen molar-refractivity contribution in [3.8, 4) is 44.9 Å². The minimum absolute atomic E-state index is 0.00402. The first kappa shape index (κ1) is 39.2. The molecule has 0 saturated heterocycles. The fourth-order valence-corrected chi connectivity index (χ4v) is 17.9. The van der Waals surface area contributed by atoms with E-state index < -0.39 is 13.5 Å². The van der Waals surface area contributed by atoms with Crippen molar-refractivity contribution in [1.29, 1.82) is 0 Å². The van der Waals surface area contributed by atoms with Crippen LogP contribution in [-0.4, -0.2) is 8.07 Å². The van der Waals surface area contributed by atoms with Gasteiger partial charge in [0, 0.05) is 16.8 Å². The van der Waals surface area contributed by atoms with Gasteiger partial charge in [0.2, 0.25) is 0 Å². The van der Waals surface area contributed by atoms with Gasteiger partial charge >= 0.3 is 0 Å². The third-order valence-electron chi connectivity index (χ3n) is 15.3. The first-order chi connectivity index (χ1) is 32.0. The van der Waals surface area contributed by atoms with Gasteiger partial charge in [0.1, 0.15) is 11.5 Å². The standard InChI is InChI=1S/C63H51NOSi/c1-61(2,3)42-29-32-46-47-33-30-43(62(4,5)6)38-59(47)66(58(46)37-42)57-27-17-10-20-45(57)48-34-31-44(39-60(48)66)64-53-24-14-11-21-49(53)63(52-36-41(28-35-54(52)64)40-18-8-7-9-19-40)50-22-12-15-25-55(50)65-56-26-16-13-23-51(56)63/h7-39H,1-6H3. The van der Waals surface area contributed by atoms with Gasteiger partial charge in [-0.05, 0) is 130 Å². The lowest BCUT2D eigenvalue weighted by atomic mass is 9.61. The molecule has 9 aromatic carbocycles. The topological polar surface area (TPSA) is 12.5 Å². The van der Waals surface area contributed by atoms with Crippen LogP contribution in [0.25, 0.3) is 33.4 Å². The highest BCUT2D eigenvalue weighted by molar-refractivity contribution is 7.24. The smallest absolute Gasteiger partial charge is 0.182 e. The molecule has 0 bridgehead atoms. The third-order valence-corrected chi connectivity index (χ3v) is 20.2. The van der Waals surface area contributed by atoms with Gasteiger partial charge in [-0.1, -0.05) is 199 Å². The van der Waals surface area contributed by atoms with E-state index in [4.69, 9.17) is 4.74 Å². The summed E-state index contributed by atoms with van der Waals surface area (Å²) in [6.07, 6.45) is 0. The van der Waals surface area contributed by atoms with Gasteiger partial charge in [-0.3, -0.25) is 0 Å². The summed E-state index contributed by atoms with van der Waals surface area (Å²) in [5, 5.41) is 6.00. The van der Waals surface area contributed by atoms with Crippen molar-refractivity contribution in [3.05, 3.63) is 234 Å². The summed E-state index contributed by atoms with van der Waals surface area (Å²) < 4.78 is 6.80. The largest absolute Gasteiger partial charge is 0.457 e. The van der Waals surface area contributed by atoms with E-state index in [1.165, 1.54) is 93.4 Å². The molecule has 0 saturated carbocycles. The number of hydrogen-bond donors (Lipinski definition) is 0. The first-order valence-corrected chi connectivity index (χ1v) is 25.5. The molecule has 2 spiro atoms. The molecule has 0 aliphatic carbocycles. The van der Waals surface area contributed by atoms with E-state index in [0.717, 1.165) is 22.6 Å². The van der Waals surface area contributed by atoms with Crippen LogP contribution >= 0.6 is 0 Å². The fourth-order valence-electron chi connectivity index (χ4n) is 12.2. The molecule has 0 amide bonds. The van der Waals surface area contributed by atoms with Crippen LogP contribution in [0.15, 0.2) is 200 Å². The van der Waals surface area contributed by atoms with Crippen LogP contribution in [-0.2, 0) is 16.2 Å². The number of para-hydroxylation sites is 3. The van der Waals surface area contributed by atoms with Crippen molar-refractivity contribution in [2.75, 3.05) is 4.90 Å². The number of benzene rings is 9. The summed E-state index contributed by atoms with van der Waals surface area (Å²) in [5.41, 5.74) is 18.3. The molecule has 13 rings (SSSR count). The Balaban J connectivity index is 1.13. The number of anilines is 3. The molecule has 3 heteroatoms. The Hall–Kier alpha value is -7.20. The summed E-state index contributed by atoms with van der Waals surface area (Å²) in [4.78, 5) is 2.57. The average Bonchev–Trinajstić information content (AvgIpc) is 3.80. The number of hydrogen-bond acceptors (Lipinski definition) is 2. The van der Waals surface area contributed by atoms with Crippen LogP contribution in [0, 0.1) is 0 Å². The molecule has 0 radical (unpaired) electrons. The first-order valence-electron chi connectivity index (χ1n) is 23.5. The molecule has 66 heavy (non-hydrogen) atoms. The molecule has 0 unspecified atom stereocenters. The number of fused-ring (bicyclic) bond motifs is 18. The number of nitrogens with zero attached hydrogens (tertiary/aromatic N) is 1. The maximum atomic E-state index is 6.80. The van der Waals surface area contributed by atoms with Crippen LogP contribution in [0.2, 0.25) is 0 Å². The average molecular weight is 866 g/mol. The highest BCUT2D eigenvalue weighted by Gasteiger charge is 2.56. The second-order valence-electron chi connectivity index (χ2n) is 20.8. The van der Waals surface area contributed by atoms with Gasteiger partial charge in [0.25, 0.3) is 0 Å². The highest BCUT2D eigenvalue weighted by atomic mass is 28.3. The molecule has 2 nitrogen and oxygen atoms in total. The van der Waals surface area contributed by atoms with Gasteiger partial charge in [-0.2, -0.15) is 0 Å². The summed E-state index contributed by atoms with van der Waals surface area (Å²) >= 11 is 0. The third kappa shape index (κ3) is 5.18. The Bertz CT molecular complexity index is 3390. The van der Waals surface area contributed by atoms with Crippen molar-refractivity contribution in [2.24, 2.45) is 0 Å². The minimum atomic E-state index is -2.88. The summed E-state index contributed by atoms with van der Waals surface area (Å²) in [5.74, 6) is 1.78. The zero-order valence-corrected chi connectivity index (χ0v) is 39.4. The van der Waals surface area contributed by atoms with Crippen LogP contribution in [0.4, 0.5) is 17.1 Å². The normalized spacial score (nSPS) is 15.2. The maximum absolute atomic E-state index is 6.80. The van der Waals surface area contributed by atoms with Crippen molar-refractivity contribution < 1.29 is 4.74 Å². The van der Waals surface area contributed by atoms with Crippen molar-refractivity contribution in [2.45, 2.75) is 57.8 Å². The lowest BCUT2D eigenvalue weighted by Gasteiger charge is -2.48. The second-order valence-corrected chi connectivity index (χ2v) is 24.5. The summed E-state index contributed by atoms with van der Waals surface area (Å²) in [6, 6.07) is 76.2. The molecule has 4 aliphatic heterocycles. The van der Waals surface area contributed by atoms with Crippen molar-refractivity contribution in [3.63, 3.8) is 0 Å². The van der Waals surface area contributed by atoms with E-state index in [9.17, 15) is 0 Å². The fraction of sp³-hybridized carbons (Fsp3) is 0.143. The molecular weight excluding hydrogens is 815 g/mol. The molecule has 318 valence electrons. The zero-order valence-electron chi connectivity index (χ0n) is 38.4. The molecule has 0 fully saturated rings. The van der Waals surface area contributed by atoms with Crippen LogP contribution < -0.4 is 30.4 Å². The van der Waals surface area contributed by atoms with E-state index in [0.29, 0.717) is 0 Å². The van der Waals surface area contributed by atoms with Crippen molar-refractivity contribution in [1.82, 2.24) is 0 Å².